The van der Waals surface area contributed by atoms with Gasteiger partial charge in [-0.05, 0) is 30.4 Å². The van der Waals surface area contributed by atoms with Crippen molar-refractivity contribution in [2.24, 2.45) is 5.73 Å². The molecular formula is C17H30N2S. The first kappa shape index (κ1) is 16.0. The van der Waals surface area contributed by atoms with Crippen molar-refractivity contribution in [3.8, 4) is 0 Å². The summed E-state index contributed by atoms with van der Waals surface area (Å²) in [5, 5.41) is 3.81. The Kier molecular flexibility index (Phi) is 5.65. The molecule has 1 aromatic heterocycles. The van der Waals surface area contributed by atoms with E-state index in [1.165, 1.54) is 48.3 Å². The second-order valence-corrected chi connectivity index (χ2v) is 8.21. The Bertz CT molecular complexity index is 397. The minimum atomic E-state index is 0.240. The molecule has 1 saturated carbocycles. The third-order valence-corrected chi connectivity index (χ3v) is 5.86. The number of hydrogen-bond acceptors (Lipinski definition) is 3. The Hall–Kier alpha value is -0.380. The Morgan fingerprint density at radius 1 is 1.20 bits per heavy atom. The molecule has 3 heteroatoms. The average molecular weight is 295 g/mol. The van der Waals surface area contributed by atoms with Crippen LogP contribution in [0, 0.1) is 0 Å². The van der Waals surface area contributed by atoms with Crippen molar-refractivity contribution in [2.45, 2.75) is 76.8 Å². The lowest BCUT2D eigenvalue weighted by Crippen LogP contribution is -2.36. The molecular weight excluding hydrogens is 264 g/mol. The van der Waals surface area contributed by atoms with Crippen molar-refractivity contribution in [1.29, 1.82) is 0 Å². The largest absolute Gasteiger partial charge is 0.329 e. The number of hydrogen-bond donors (Lipinski definition) is 2. The molecule has 1 aliphatic rings. The SMILES string of the molecule is CC(C)(C)c1ccc(C(CN)NC2CCCCCC2)s1. The smallest absolute Gasteiger partial charge is 0.0541 e. The highest BCUT2D eigenvalue weighted by Crippen LogP contribution is 2.32. The summed E-state index contributed by atoms with van der Waals surface area (Å²) in [6.07, 6.45) is 8.17. The number of nitrogens with one attached hydrogen (secondary N) is 1. The van der Waals surface area contributed by atoms with Gasteiger partial charge in [0.1, 0.15) is 0 Å². The fourth-order valence-corrected chi connectivity index (χ4v) is 4.08. The predicted molar refractivity (Wildman–Crippen MR) is 89.4 cm³/mol. The Morgan fingerprint density at radius 3 is 2.35 bits per heavy atom. The second kappa shape index (κ2) is 7.06. The van der Waals surface area contributed by atoms with Gasteiger partial charge in [-0.15, -0.1) is 11.3 Å². The van der Waals surface area contributed by atoms with Gasteiger partial charge in [-0.25, -0.2) is 0 Å². The minimum absolute atomic E-state index is 0.240. The molecule has 114 valence electrons. The zero-order valence-electron chi connectivity index (χ0n) is 13.2. The molecule has 0 aromatic carbocycles. The van der Waals surface area contributed by atoms with Crippen molar-refractivity contribution in [1.82, 2.24) is 5.32 Å². The molecule has 0 aliphatic heterocycles. The van der Waals surface area contributed by atoms with Gasteiger partial charge in [0.25, 0.3) is 0 Å². The van der Waals surface area contributed by atoms with Crippen LogP contribution in [0.25, 0.3) is 0 Å². The van der Waals surface area contributed by atoms with Gasteiger partial charge in [-0.3, -0.25) is 0 Å². The van der Waals surface area contributed by atoms with E-state index in [1.807, 2.05) is 11.3 Å². The molecule has 1 aliphatic carbocycles. The maximum atomic E-state index is 6.02. The summed E-state index contributed by atoms with van der Waals surface area (Å²) in [5.74, 6) is 0. The third-order valence-electron chi connectivity index (χ3n) is 4.24. The summed E-state index contributed by atoms with van der Waals surface area (Å²) in [4.78, 5) is 2.86. The molecule has 0 radical (unpaired) electrons. The third kappa shape index (κ3) is 4.31. The van der Waals surface area contributed by atoms with Gasteiger partial charge in [0, 0.05) is 22.3 Å². The van der Waals surface area contributed by atoms with E-state index in [0.29, 0.717) is 18.6 Å². The monoisotopic (exact) mass is 294 g/mol. The zero-order chi connectivity index (χ0) is 14.6. The van der Waals surface area contributed by atoms with Crippen molar-refractivity contribution in [3.63, 3.8) is 0 Å². The number of rotatable bonds is 4. The summed E-state index contributed by atoms with van der Waals surface area (Å²) in [6.45, 7) is 7.52. The lowest BCUT2D eigenvalue weighted by molar-refractivity contribution is 0.405. The van der Waals surface area contributed by atoms with E-state index in [0.717, 1.165) is 0 Å². The van der Waals surface area contributed by atoms with Gasteiger partial charge in [0.05, 0.1) is 6.04 Å². The van der Waals surface area contributed by atoms with E-state index >= 15 is 0 Å². The second-order valence-electron chi connectivity index (χ2n) is 7.10. The molecule has 0 bridgehead atoms. The van der Waals surface area contributed by atoms with Gasteiger partial charge in [0.15, 0.2) is 0 Å². The molecule has 1 unspecified atom stereocenters. The van der Waals surface area contributed by atoms with Crippen LogP contribution in [0.4, 0.5) is 0 Å². The first-order valence-electron chi connectivity index (χ1n) is 8.07. The first-order valence-corrected chi connectivity index (χ1v) is 8.88. The van der Waals surface area contributed by atoms with Crippen LogP contribution in [0.3, 0.4) is 0 Å². The molecule has 1 atom stereocenters. The van der Waals surface area contributed by atoms with E-state index in [9.17, 15) is 0 Å². The highest BCUT2D eigenvalue weighted by molar-refractivity contribution is 7.12. The van der Waals surface area contributed by atoms with E-state index in [4.69, 9.17) is 5.73 Å². The van der Waals surface area contributed by atoms with Crippen molar-refractivity contribution < 1.29 is 0 Å². The van der Waals surface area contributed by atoms with Crippen LogP contribution >= 0.6 is 11.3 Å². The number of thiophene rings is 1. The fourth-order valence-electron chi connectivity index (χ4n) is 2.94. The maximum Gasteiger partial charge on any atom is 0.0541 e. The van der Waals surface area contributed by atoms with E-state index in [-0.39, 0.29) is 5.41 Å². The lowest BCUT2D eigenvalue weighted by Gasteiger charge is -2.23. The molecule has 0 amide bonds. The minimum Gasteiger partial charge on any atom is -0.329 e. The van der Waals surface area contributed by atoms with Crippen LogP contribution in [0.5, 0.6) is 0 Å². The van der Waals surface area contributed by atoms with Crippen molar-refractivity contribution in [3.05, 3.63) is 21.9 Å². The zero-order valence-corrected chi connectivity index (χ0v) is 14.1. The topological polar surface area (TPSA) is 38.0 Å². The summed E-state index contributed by atoms with van der Waals surface area (Å²) in [7, 11) is 0. The Labute approximate surface area is 128 Å². The first-order chi connectivity index (χ1) is 9.50. The van der Waals surface area contributed by atoms with Crippen LogP contribution in [0.2, 0.25) is 0 Å². The molecule has 2 rings (SSSR count). The van der Waals surface area contributed by atoms with Gasteiger partial charge in [-0.2, -0.15) is 0 Å². The molecule has 3 N–H and O–H groups in total. The standard InChI is InChI=1S/C17H30N2S/c1-17(2,3)16-11-10-15(20-16)14(12-18)19-13-8-6-4-5-7-9-13/h10-11,13-14,19H,4-9,12,18H2,1-3H3. The molecule has 0 spiro atoms. The summed E-state index contributed by atoms with van der Waals surface area (Å²) in [6, 6.07) is 5.54. The molecule has 1 heterocycles. The van der Waals surface area contributed by atoms with Crippen LogP contribution in [0.15, 0.2) is 12.1 Å². The quantitative estimate of drug-likeness (QED) is 0.810. The Morgan fingerprint density at radius 2 is 1.85 bits per heavy atom. The molecule has 1 aromatic rings. The Balaban J connectivity index is 2.02. The van der Waals surface area contributed by atoms with Crippen LogP contribution in [-0.4, -0.2) is 12.6 Å². The highest BCUT2D eigenvalue weighted by Gasteiger charge is 2.21. The molecule has 0 saturated heterocycles. The van der Waals surface area contributed by atoms with Crippen molar-refractivity contribution >= 4 is 11.3 Å². The molecule has 2 nitrogen and oxygen atoms in total. The maximum absolute atomic E-state index is 6.02. The van der Waals surface area contributed by atoms with Crippen LogP contribution in [0.1, 0.15) is 75.1 Å². The number of nitrogens with two attached hydrogens (primary N) is 1. The van der Waals surface area contributed by atoms with E-state index < -0.39 is 0 Å². The van der Waals surface area contributed by atoms with Gasteiger partial charge < -0.3 is 11.1 Å². The molecule has 1 fully saturated rings. The van der Waals surface area contributed by atoms with Gasteiger partial charge >= 0.3 is 0 Å². The summed E-state index contributed by atoms with van der Waals surface area (Å²) >= 11 is 1.92. The van der Waals surface area contributed by atoms with Gasteiger partial charge in [0.2, 0.25) is 0 Å². The van der Waals surface area contributed by atoms with Crippen LogP contribution in [-0.2, 0) is 5.41 Å². The van der Waals surface area contributed by atoms with Crippen LogP contribution < -0.4 is 11.1 Å². The fraction of sp³-hybridized carbons (Fsp3) is 0.765. The molecule has 20 heavy (non-hydrogen) atoms. The summed E-state index contributed by atoms with van der Waals surface area (Å²) in [5.41, 5.74) is 6.26. The van der Waals surface area contributed by atoms with E-state index in [1.54, 1.807) is 0 Å². The van der Waals surface area contributed by atoms with Crippen molar-refractivity contribution in [2.75, 3.05) is 6.54 Å². The lowest BCUT2D eigenvalue weighted by atomic mass is 9.95. The predicted octanol–water partition coefficient (Wildman–Crippen LogP) is 4.36. The van der Waals surface area contributed by atoms with E-state index in [2.05, 4.69) is 38.2 Å². The summed E-state index contributed by atoms with van der Waals surface area (Å²) < 4.78 is 0. The average Bonchev–Trinajstić information content (AvgIpc) is 2.75. The normalized spacial score (nSPS) is 19.8. The van der Waals surface area contributed by atoms with Gasteiger partial charge in [-0.1, -0.05) is 46.5 Å². The highest BCUT2D eigenvalue weighted by atomic mass is 32.1.